The van der Waals surface area contributed by atoms with Crippen molar-refractivity contribution in [2.45, 2.75) is 77.1 Å². The van der Waals surface area contributed by atoms with Crippen LogP contribution in [0.15, 0.2) is 54.2 Å². The van der Waals surface area contributed by atoms with E-state index in [0.29, 0.717) is 25.9 Å². The van der Waals surface area contributed by atoms with Crippen LogP contribution in [0, 0.1) is 13.8 Å². The summed E-state index contributed by atoms with van der Waals surface area (Å²) >= 11 is 0. The monoisotopic (exact) mass is 539 g/mol. The summed E-state index contributed by atoms with van der Waals surface area (Å²) in [5.41, 5.74) is 2.25. The van der Waals surface area contributed by atoms with Crippen LogP contribution in [0.2, 0.25) is 0 Å². The Morgan fingerprint density at radius 2 is 1.72 bits per heavy atom. The number of carbonyl (C=O) groups excluding carboxylic acids is 2. The number of likely N-dealkylation sites (N-methyl/N-ethyl adjacent to an activating group) is 1. The van der Waals surface area contributed by atoms with Gasteiger partial charge in [-0.2, -0.15) is 13.2 Å². The second-order valence-corrected chi connectivity index (χ2v) is 11.4. The van der Waals surface area contributed by atoms with E-state index in [2.05, 4.69) is 39.0 Å². The fourth-order valence-corrected chi connectivity index (χ4v) is 7.10. The van der Waals surface area contributed by atoms with Gasteiger partial charge in [0.15, 0.2) is 5.41 Å². The van der Waals surface area contributed by atoms with Crippen molar-refractivity contribution in [1.29, 1.82) is 0 Å². The van der Waals surface area contributed by atoms with Crippen LogP contribution in [-0.4, -0.2) is 58.0 Å². The first kappa shape index (κ1) is 27.3. The number of aryl methyl sites for hydroxylation is 2. The highest BCUT2D eigenvalue weighted by molar-refractivity contribution is 5.89. The summed E-state index contributed by atoms with van der Waals surface area (Å²) in [5.74, 6) is -0.865. The summed E-state index contributed by atoms with van der Waals surface area (Å²) in [6.45, 7) is 10.4. The van der Waals surface area contributed by atoms with E-state index in [1.54, 1.807) is 6.07 Å². The quantitative estimate of drug-likeness (QED) is 0.450. The molecule has 0 unspecified atom stereocenters. The van der Waals surface area contributed by atoms with Crippen molar-refractivity contribution < 1.29 is 22.8 Å². The Balaban J connectivity index is 1.48. The molecule has 208 valence electrons. The van der Waals surface area contributed by atoms with Crippen LogP contribution in [0.25, 0.3) is 0 Å². The topological polar surface area (TPSA) is 43.9 Å². The van der Waals surface area contributed by atoms with E-state index in [4.69, 9.17) is 0 Å². The number of benzene rings is 2. The molecule has 1 spiro atoms. The lowest BCUT2D eigenvalue weighted by Crippen LogP contribution is -2.59. The molecule has 3 aliphatic heterocycles. The molecule has 8 heteroatoms. The molecule has 0 bridgehead atoms. The van der Waals surface area contributed by atoms with Crippen LogP contribution < -0.4 is 0 Å². The molecule has 3 amide bonds. The molecule has 0 aromatic heterocycles. The highest BCUT2D eigenvalue weighted by Gasteiger charge is 2.61. The van der Waals surface area contributed by atoms with Crippen LogP contribution in [0.4, 0.5) is 18.0 Å². The van der Waals surface area contributed by atoms with Gasteiger partial charge in [-0.05, 0) is 62.8 Å². The molecule has 2 fully saturated rings. The van der Waals surface area contributed by atoms with Crippen LogP contribution in [0.1, 0.15) is 67.3 Å². The molecule has 0 saturated carbocycles. The van der Waals surface area contributed by atoms with Crippen molar-refractivity contribution >= 4 is 11.9 Å². The van der Waals surface area contributed by atoms with Crippen LogP contribution in [0.3, 0.4) is 0 Å². The summed E-state index contributed by atoms with van der Waals surface area (Å²) in [4.78, 5) is 32.4. The Morgan fingerprint density at radius 1 is 1.08 bits per heavy atom. The Labute approximate surface area is 228 Å². The second kappa shape index (κ2) is 9.42. The number of hydrogen-bond acceptors (Lipinski definition) is 2. The van der Waals surface area contributed by atoms with Gasteiger partial charge in [-0.1, -0.05) is 61.0 Å². The lowest BCUT2D eigenvalue weighted by atomic mass is 9.77. The zero-order valence-corrected chi connectivity index (χ0v) is 23.2. The Bertz CT molecular complexity index is 1330. The maximum atomic E-state index is 14.4. The van der Waals surface area contributed by atoms with Crippen LogP contribution in [-0.2, 0) is 16.8 Å². The molecule has 2 aromatic carbocycles. The van der Waals surface area contributed by atoms with E-state index < -0.39 is 23.0 Å². The first-order chi connectivity index (χ1) is 18.3. The predicted octanol–water partition coefficient (Wildman–Crippen LogP) is 6.44. The number of amides is 3. The summed E-state index contributed by atoms with van der Waals surface area (Å²) in [6, 6.07) is 11.6. The molecule has 0 N–H and O–H groups in total. The summed E-state index contributed by atoms with van der Waals surface area (Å²) < 4.78 is 43.3. The van der Waals surface area contributed by atoms with E-state index in [0.717, 1.165) is 23.7 Å². The standard InChI is InChI=1S/C31H36F3N3O2/c1-6-37-28(39)36-19-23-17-20(2)16-21(3)26(23)22(4)18-25(36)30(37)12-14-35(15-13-30)27(38)29(5,31(32,33)34)24-10-8-7-9-11-24/h7-11,16-18,22H,6,12-15,19H2,1-5H3/t22-,29-/m1/s1. The summed E-state index contributed by atoms with van der Waals surface area (Å²) in [5, 5.41) is 0. The lowest BCUT2D eigenvalue weighted by molar-refractivity contribution is -0.198. The van der Waals surface area contributed by atoms with E-state index >= 15 is 0 Å². The third-order valence-corrected chi connectivity index (χ3v) is 9.09. The molecule has 2 atom stereocenters. The largest absolute Gasteiger partial charge is 0.406 e. The van der Waals surface area contributed by atoms with Crippen molar-refractivity contribution in [3.05, 3.63) is 82.1 Å². The molecule has 0 radical (unpaired) electrons. The van der Waals surface area contributed by atoms with Crippen molar-refractivity contribution in [3.63, 3.8) is 0 Å². The molecule has 0 aliphatic carbocycles. The van der Waals surface area contributed by atoms with Gasteiger partial charge in [0.1, 0.15) is 0 Å². The molecular formula is C31H36F3N3O2. The molecule has 2 aromatic rings. The zero-order chi connectivity index (χ0) is 28.3. The lowest BCUT2D eigenvalue weighted by Gasteiger charge is -2.46. The number of nitrogens with zero attached hydrogens (tertiary/aromatic N) is 3. The second-order valence-electron chi connectivity index (χ2n) is 11.4. The molecule has 3 aliphatic rings. The Hall–Kier alpha value is -3.29. The first-order valence-corrected chi connectivity index (χ1v) is 13.7. The smallest absolute Gasteiger partial charge is 0.341 e. The fraction of sp³-hybridized carbons (Fsp3) is 0.484. The number of piperidine rings is 1. The SMILES string of the molecule is CCN1C(=O)N2Cc3cc(C)cc(C)c3[C@H](C)C=C2C12CCN(C(=O)[C@@](C)(c1ccccc1)C(F)(F)F)CC2. The number of fused-ring (bicyclic) bond motifs is 3. The van der Waals surface area contributed by atoms with Gasteiger partial charge in [0.2, 0.25) is 5.91 Å². The molecular weight excluding hydrogens is 503 g/mol. The molecule has 2 saturated heterocycles. The van der Waals surface area contributed by atoms with Crippen molar-refractivity contribution in [2.24, 2.45) is 0 Å². The minimum Gasteiger partial charge on any atom is -0.341 e. The highest BCUT2D eigenvalue weighted by atomic mass is 19.4. The third-order valence-electron chi connectivity index (χ3n) is 9.09. The summed E-state index contributed by atoms with van der Waals surface area (Å²) in [6.07, 6.45) is -1.80. The maximum Gasteiger partial charge on any atom is 0.406 e. The van der Waals surface area contributed by atoms with Crippen LogP contribution in [0.5, 0.6) is 0 Å². The number of carbonyl (C=O) groups is 2. The van der Waals surface area contributed by atoms with Crippen molar-refractivity contribution in [3.8, 4) is 0 Å². The van der Waals surface area contributed by atoms with Crippen molar-refractivity contribution in [2.75, 3.05) is 19.6 Å². The number of urea groups is 1. The van der Waals surface area contributed by atoms with Crippen LogP contribution >= 0.6 is 0 Å². The van der Waals surface area contributed by atoms with E-state index in [1.807, 2.05) is 16.7 Å². The molecule has 3 heterocycles. The third kappa shape index (κ3) is 4.05. The zero-order valence-electron chi connectivity index (χ0n) is 23.2. The summed E-state index contributed by atoms with van der Waals surface area (Å²) in [7, 11) is 0. The Kier molecular flexibility index (Phi) is 6.59. The van der Waals surface area contributed by atoms with Gasteiger partial charge in [0, 0.05) is 31.2 Å². The minimum absolute atomic E-state index is 0.0658. The first-order valence-electron chi connectivity index (χ1n) is 13.7. The van der Waals surface area contributed by atoms with Gasteiger partial charge in [0.05, 0.1) is 12.1 Å². The van der Waals surface area contributed by atoms with Gasteiger partial charge >= 0.3 is 12.2 Å². The van der Waals surface area contributed by atoms with Gasteiger partial charge < -0.3 is 9.80 Å². The molecule has 39 heavy (non-hydrogen) atoms. The van der Waals surface area contributed by atoms with Gasteiger partial charge in [-0.15, -0.1) is 0 Å². The van der Waals surface area contributed by atoms with E-state index in [9.17, 15) is 22.8 Å². The number of alkyl halides is 3. The van der Waals surface area contributed by atoms with Gasteiger partial charge in [0.25, 0.3) is 0 Å². The van der Waals surface area contributed by atoms with E-state index in [1.165, 1.54) is 40.3 Å². The number of allylic oxidation sites excluding steroid dienone is 1. The fourth-order valence-electron chi connectivity index (χ4n) is 7.10. The van der Waals surface area contributed by atoms with Gasteiger partial charge in [-0.25, -0.2) is 4.79 Å². The average molecular weight is 540 g/mol. The van der Waals surface area contributed by atoms with Crippen molar-refractivity contribution in [1.82, 2.24) is 14.7 Å². The van der Waals surface area contributed by atoms with Gasteiger partial charge in [-0.3, -0.25) is 9.69 Å². The molecule has 5 nitrogen and oxygen atoms in total. The molecule has 5 rings (SSSR count). The normalized spacial score (nSPS) is 22.3. The number of halogens is 3. The number of hydrogen-bond donors (Lipinski definition) is 0. The number of likely N-dealkylation sites (tertiary alicyclic amines) is 1. The minimum atomic E-state index is -4.75. The highest BCUT2D eigenvalue weighted by Crippen LogP contribution is 2.49. The number of rotatable bonds is 3. The predicted molar refractivity (Wildman–Crippen MR) is 144 cm³/mol. The maximum absolute atomic E-state index is 14.4. The Morgan fingerprint density at radius 3 is 2.31 bits per heavy atom. The van der Waals surface area contributed by atoms with E-state index in [-0.39, 0.29) is 30.6 Å². The average Bonchev–Trinajstić information content (AvgIpc) is 2.99.